The van der Waals surface area contributed by atoms with Gasteiger partial charge in [0.2, 0.25) is 5.91 Å². The minimum absolute atomic E-state index is 0.107. The third-order valence-electron chi connectivity index (χ3n) is 4.84. The maximum atomic E-state index is 13.9. The summed E-state index contributed by atoms with van der Waals surface area (Å²) in [4.78, 5) is 34.2. The van der Waals surface area contributed by atoms with Gasteiger partial charge in [-0.25, -0.2) is 9.37 Å². The SMILES string of the molecule is O=C(C=Cc1ccccc1F)N(Cc1ccccc1)Cc1nc2ccccc2c(=O)[nH]1. The predicted octanol–water partition coefficient (Wildman–Crippen LogP) is 4.30. The first kappa shape index (κ1) is 20.2. The topological polar surface area (TPSA) is 66.1 Å². The number of halogens is 1. The van der Waals surface area contributed by atoms with Crippen molar-refractivity contribution < 1.29 is 9.18 Å². The molecule has 5 nitrogen and oxygen atoms in total. The van der Waals surface area contributed by atoms with Crippen molar-refractivity contribution in [1.29, 1.82) is 0 Å². The van der Waals surface area contributed by atoms with Gasteiger partial charge in [-0.3, -0.25) is 9.59 Å². The van der Waals surface area contributed by atoms with E-state index >= 15 is 0 Å². The summed E-state index contributed by atoms with van der Waals surface area (Å²) in [7, 11) is 0. The lowest BCUT2D eigenvalue weighted by Crippen LogP contribution is -2.30. The van der Waals surface area contributed by atoms with Crippen molar-refractivity contribution in [1.82, 2.24) is 14.9 Å². The highest BCUT2D eigenvalue weighted by Gasteiger charge is 2.15. The summed E-state index contributed by atoms with van der Waals surface area (Å²) in [6, 6.07) is 22.8. The first-order valence-electron chi connectivity index (χ1n) is 9.83. The van der Waals surface area contributed by atoms with Crippen molar-refractivity contribution in [2.75, 3.05) is 0 Å². The third-order valence-corrected chi connectivity index (χ3v) is 4.84. The van der Waals surface area contributed by atoms with Gasteiger partial charge in [0, 0.05) is 18.2 Å². The highest BCUT2D eigenvalue weighted by Crippen LogP contribution is 2.13. The monoisotopic (exact) mass is 413 g/mol. The van der Waals surface area contributed by atoms with Gasteiger partial charge >= 0.3 is 0 Å². The van der Waals surface area contributed by atoms with E-state index in [-0.39, 0.29) is 18.0 Å². The molecule has 0 atom stereocenters. The molecule has 6 heteroatoms. The van der Waals surface area contributed by atoms with Gasteiger partial charge in [0.25, 0.3) is 5.56 Å². The van der Waals surface area contributed by atoms with E-state index in [9.17, 15) is 14.0 Å². The molecule has 1 heterocycles. The fraction of sp³-hybridized carbons (Fsp3) is 0.0800. The molecule has 4 aromatic rings. The van der Waals surface area contributed by atoms with Gasteiger partial charge < -0.3 is 9.88 Å². The van der Waals surface area contributed by atoms with Crippen LogP contribution in [0.3, 0.4) is 0 Å². The minimum Gasteiger partial charge on any atom is -0.327 e. The molecule has 31 heavy (non-hydrogen) atoms. The first-order valence-corrected chi connectivity index (χ1v) is 9.83. The van der Waals surface area contributed by atoms with Crippen LogP contribution < -0.4 is 5.56 Å². The van der Waals surface area contributed by atoms with Crippen LogP contribution in [0.1, 0.15) is 17.0 Å². The van der Waals surface area contributed by atoms with E-state index in [1.165, 1.54) is 18.2 Å². The maximum Gasteiger partial charge on any atom is 0.258 e. The second kappa shape index (κ2) is 9.17. The number of aromatic nitrogens is 2. The number of para-hydroxylation sites is 1. The standard InChI is InChI=1S/C25H20FN3O2/c26-21-12-6-4-10-19(21)14-15-24(30)29(16-18-8-2-1-3-9-18)17-23-27-22-13-7-5-11-20(22)25(31)28-23/h1-15H,16-17H2,(H,27,28,31). The number of nitrogens with one attached hydrogen (secondary N) is 1. The number of rotatable bonds is 6. The Labute approximate surface area is 178 Å². The van der Waals surface area contributed by atoms with Gasteiger partial charge in [0.1, 0.15) is 11.6 Å². The van der Waals surface area contributed by atoms with Gasteiger partial charge in [-0.05, 0) is 29.8 Å². The van der Waals surface area contributed by atoms with E-state index in [2.05, 4.69) is 9.97 Å². The molecule has 0 unspecified atom stereocenters. The molecule has 0 radical (unpaired) electrons. The average Bonchev–Trinajstić information content (AvgIpc) is 2.79. The number of fused-ring (bicyclic) bond motifs is 1. The van der Waals surface area contributed by atoms with Crippen LogP contribution in [0.5, 0.6) is 0 Å². The lowest BCUT2D eigenvalue weighted by Gasteiger charge is -2.21. The third kappa shape index (κ3) is 4.93. The van der Waals surface area contributed by atoms with Crippen LogP contribution >= 0.6 is 0 Å². The molecular weight excluding hydrogens is 393 g/mol. The van der Waals surface area contributed by atoms with E-state index in [4.69, 9.17) is 0 Å². The van der Waals surface area contributed by atoms with E-state index < -0.39 is 5.82 Å². The molecule has 0 spiro atoms. The second-order valence-electron chi connectivity index (χ2n) is 7.06. The largest absolute Gasteiger partial charge is 0.327 e. The molecule has 0 bridgehead atoms. The van der Waals surface area contributed by atoms with Gasteiger partial charge in [-0.15, -0.1) is 0 Å². The quantitative estimate of drug-likeness (QED) is 0.479. The lowest BCUT2D eigenvalue weighted by atomic mass is 10.2. The fourth-order valence-electron chi connectivity index (χ4n) is 3.28. The molecule has 1 N–H and O–H groups in total. The maximum absolute atomic E-state index is 13.9. The van der Waals surface area contributed by atoms with Crippen molar-refractivity contribution >= 4 is 22.9 Å². The summed E-state index contributed by atoms with van der Waals surface area (Å²) in [5, 5.41) is 0.492. The number of hydrogen-bond acceptors (Lipinski definition) is 3. The minimum atomic E-state index is -0.401. The molecular formula is C25H20FN3O2. The molecule has 154 valence electrons. The predicted molar refractivity (Wildman–Crippen MR) is 118 cm³/mol. The summed E-state index contributed by atoms with van der Waals surface area (Å²) in [5.74, 6) is -0.336. The van der Waals surface area contributed by atoms with Crippen LogP contribution in [0.25, 0.3) is 17.0 Å². The second-order valence-corrected chi connectivity index (χ2v) is 7.06. The Balaban J connectivity index is 1.63. The van der Waals surface area contributed by atoms with E-state index in [0.717, 1.165) is 5.56 Å². The molecule has 0 saturated heterocycles. The number of benzene rings is 3. The number of amides is 1. The number of hydrogen-bond donors (Lipinski definition) is 1. The molecule has 1 amide bonds. The molecule has 0 fully saturated rings. The highest BCUT2D eigenvalue weighted by atomic mass is 19.1. The zero-order chi connectivity index (χ0) is 21.6. The molecule has 0 aliphatic rings. The Morgan fingerprint density at radius 3 is 2.45 bits per heavy atom. The summed E-state index contributed by atoms with van der Waals surface area (Å²) in [6.45, 7) is 0.424. The Bertz CT molecular complexity index is 1300. The van der Waals surface area contributed by atoms with Crippen LogP contribution in [0.4, 0.5) is 4.39 Å². The summed E-state index contributed by atoms with van der Waals surface area (Å²) in [6.07, 6.45) is 2.78. The van der Waals surface area contributed by atoms with Crippen molar-refractivity contribution in [3.05, 3.63) is 118 Å². The number of carbonyl (C=O) groups excluding carboxylic acids is 1. The highest BCUT2D eigenvalue weighted by molar-refractivity contribution is 5.91. The zero-order valence-electron chi connectivity index (χ0n) is 16.7. The van der Waals surface area contributed by atoms with E-state index in [0.29, 0.717) is 28.8 Å². The first-order chi connectivity index (χ1) is 15.1. The van der Waals surface area contributed by atoms with Crippen LogP contribution in [0.15, 0.2) is 89.7 Å². The molecule has 0 aliphatic carbocycles. The van der Waals surface area contributed by atoms with Crippen molar-refractivity contribution in [2.45, 2.75) is 13.1 Å². The van der Waals surface area contributed by atoms with Gasteiger partial charge in [0.15, 0.2) is 0 Å². The lowest BCUT2D eigenvalue weighted by molar-refractivity contribution is -0.127. The molecule has 1 aromatic heterocycles. The van der Waals surface area contributed by atoms with Crippen molar-refractivity contribution in [3.63, 3.8) is 0 Å². The Morgan fingerprint density at radius 1 is 0.935 bits per heavy atom. The normalized spacial score (nSPS) is 11.1. The zero-order valence-corrected chi connectivity index (χ0v) is 16.7. The van der Waals surface area contributed by atoms with Gasteiger partial charge in [-0.2, -0.15) is 0 Å². The Kier molecular flexibility index (Phi) is 5.98. The summed E-state index contributed by atoms with van der Waals surface area (Å²) < 4.78 is 13.9. The van der Waals surface area contributed by atoms with Crippen molar-refractivity contribution in [2.24, 2.45) is 0 Å². The van der Waals surface area contributed by atoms with E-state index in [1.807, 2.05) is 36.4 Å². The number of aromatic amines is 1. The molecule has 0 saturated carbocycles. The Morgan fingerprint density at radius 2 is 1.65 bits per heavy atom. The molecule has 4 rings (SSSR count). The smallest absolute Gasteiger partial charge is 0.258 e. The fourth-order valence-corrected chi connectivity index (χ4v) is 3.28. The number of H-pyrrole nitrogens is 1. The van der Waals surface area contributed by atoms with E-state index in [1.54, 1.807) is 41.3 Å². The van der Waals surface area contributed by atoms with Gasteiger partial charge in [-0.1, -0.05) is 60.7 Å². The van der Waals surface area contributed by atoms with Gasteiger partial charge in [0.05, 0.1) is 17.4 Å². The number of carbonyl (C=O) groups is 1. The Hall–Kier alpha value is -4.06. The van der Waals surface area contributed by atoms with Crippen LogP contribution in [-0.4, -0.2) is 20.8 Å². The summed E-state index contributed by atoms with van der Waals surface area (Å²) >= 11 is 0. The molecule has 3 aromatic carbocycles. The number of nitrogens with zero attached hydrogens (tertiary/aromatic N) is 2. The van der Waals surface area contributed by atoms with Crippen molar-refractivity contribution in [3.8, 4) is 0 Å². The van der Waals surface area contributed by atoms with Crippen LogP contribution in [0.2, 0.25) is 0 Å². The summed E-state index contributed by atoms with van der Waals surface area (Å²) in [5.41, 5.74) is 1.57. The van der Waals surface area contributed by atoms with Crippen LogP contribution in [0, 0.1) is 5.82 Å². The average molecular weight is 413 g/mol. The molecule has 0 aliphatic heterocycles. The van der Waals surface area contributed by atoms with Crippen LogP contribution in [-0.2, 0) is 17.9 Å².